The van der Waals surface area contributed by atoms with Gasteiger partial charge in [-0.25, -0.2) is 0 Å². The van der Waals surface area contributed by atoms with E-state index < -0.39 is 5.97 Å². The molecular formula is C18H28N2O4. The van der Waals surface area contributed by atoms with Crippen LogP contribution in [0, 0.1) is 4.91 Å². The molecule has 0 aliphatic heterocycles. The van der Waals surface area contributed by atoms with Crippen molar-refractivity contribution in [3.05, 3.63) is 28.3 Å². The zero-order valence-electron chi connectivity index (χ0n) is 14.3. The van der Waals surface area contributed by atoms with Gasteiger partial charge in [-0.3, -0.25) is 9.59 Å². The summed E-state index contributed by atoms with van der Waals surface area (Å²) >= 11 is 0. The molecule has 0 fully saturated rings. The maximum atomic E-state index is 12.0. The first-order valence-electron chi connectivity index (χ1n) is 8.88. The van der Waals surface area contributed by atoms with Crippen molar-refractivity contribution in [1.82, 2.24) is 5.32 Å². The maximum Gasteiger partial charge on any atom is 0.303 e. The molecule has 1 aliphatic carbocycles. The summed E-state index contributed by atoms with van der Waals surface area (Å²) in [5.41, 5.74) is 0.746. The molecule has 1 rings (SSSR count). The van der Waals surface area contributed by atoms with Gasteiger partial charge in [-0.15, -0.1) is 4.91 Å². The van der Waals surface area contributed by atoms with Crippen LogP contribution in [0.3, 0.4) is 0 Å². The summed E-state index contributed by atoms with van der Waals surface area (Å²) in [6, 6.07) is 0. The molecule has 134 valence electrons. The Bertz CT molecular complexity index is 483. The average molecular weight is 336 g/mol. The maximum absolute atomic E-state index is 12.0. The third kappa shape index (κ3) is 8.60. The molecule has 1 amide bonds. The van der Waals surface area contributed by atoms with Gasteiger partial charge in [0.2, 0.25) is 5.91 Å². The number of carbonyl (C=O) groups is 2. The van der Waals surface area contributed by atoms with Crippen molar-refractivity contribution in [3.8, 4) is 0 Å². The van der Waals surface area contributed by atoms with E-state index in [0.29, 0.717) is 18.5 Å². The summed E-state index contributed by atoms with van der Waals surface area (Å²) in [6.45, 7) is 0.622. The number of unbranched alkanes of at least 4 members (excludes halogenated alkanes) is 7. The highest BCUT2D eigenvalue weighted by Crippen LogP contribution is 2.19. The van der Waals surface area contributed by atoms with Crippen LogP contribution in [-0.2, 0) is 9.59 Å². The van der Waals surface area contributed by atoms with Crippen molar-refractivity contribution in [1.29, 1.82) is 0 Å². The number of hydrogen-bond donors (Lipinski definition) is 2. The summed E-state index contributed by atoms with van der Waals surface area (Å²) < 4.78 is 0. The van der Waals surface area contributed by atoms with Gasteiger partial charge in [-0.1, -0.05) is 44.6 Å². The third-order valence-corrected chi connectivity index (χ3v) is 4.12. The topological polar surface area (TPSA) is 95.8 Å². The Morgan fingerprint density at radius 2 is 1.67 bits per heavy atom. The molecule has 0 atom stereocenters. The molecule has 0 saturated carbocycles. The second-order valence-corrected chi connectivity index (χ2v) is 6.12. The number of nitroso groups, excluding NO2 is 1. The predicted octanol–water partition coefficient (Wildman–Crippen LogP) is 4.07. The van der Waals surface area contributed by atoms with Gasteiger partial charge in [0, 0.05) is 18.5 Å². The number of nitrogens with zero attached hydrogens (tertiary/aromatic N) is 1. The van der Waals surface area contributed by atoms with E-state index in [4.69, 9.17) is 5.11 Å². The van der Waals surface area contributed by atoms with Gasteiger partial charge in [-0.2, -0.15) is 0 Å². The summed E-state index contributed by atoms with van der Waals surface area (Å²) in [5, 5.41) is 14.3. The lowest BCUT2D eigenvalue weighted by Gasteiger charge is -2.11. The molecule has 0 saturated heterocycles. The summed E-state index contributed by atoms with van der Waals surface area (Å²) in [6.07, 6.45) is 13.3. The Labute approximate surface area is 143 Å². The van der Waals surface area contributed by atoms with Gasteiger partial charge in [0.15, 0.2) is 0 Å². The second kappa shape index (κ2) is 12.4. The Hall–Kier alpha value is -1.98. The fraction of sp³-hybridized carbons (Fsp3) is 0.667. The number of carbonyl (C=O) groups excluding carboxylic acids is 1. The highest BCUT2D eigenvalue weighted by Gasteiger charge is 2.16. The molecule has 0 aromatic carbocycles. The lowest BCUT2D eigenvalue weighted by Crippen LogP contribution is -2.27. The van der Waals surface area contributed by atoms with Gasteiger partial charge in [0.05, 0.1) is 0 Å². The Balaban J connectivity index is 1.99. The van der Waals surface area contributed by atoms with E-state index >= 15 is 0 Å². The molecule has 0 spiro atoms. The monoisotopic (exact) mass is 336 g/mol. The van der Waals surface area contributed by atoms with Crippen molar-refractivity contribution in [3.63, 3.8) is 0 Å². The Morgan fingerprint density at radius 1 is 1.04 bits per heavy atom. The van der Waals surface area contributed by atoms with Crippen molar-refractivity contribution >= 4 is 11.9 Å². The van der Waals surface area contributed by atoms with Crippen LogP contribution in [0.1, 0.15) is 70.6 Å². The molecule has 0 unspecified atom stereocenters. The number of allylic oxidation sites excluding steroid dienone is 2. The summed E-state index contributed by atoms with van der Waals surface area (Å²) in [4.78, 5) is 33.1. The number of hydrogen-bond acceptors (Lipinski definition) is 4. The zero-order chi connectivity index (χ0) is 17.6. The van der Waals surface area contributed by atoms with E-state index in [0.717, 1.165) is 57.8 Å². The van der Waals surface area contributed by atoms with Crippen molar-refractivity contribution in [2.45, 2.75) is 70.6 Å². The van der Waals surface area contributed by atoms with E-state index in [1.54, 1.807) is 6.08 Å². The first kappa shape index (κ1) is 20.1. The lowest BCUT2D eigenvalue weighted by atomic mass is 10.0. The number of aliphatic carboxylic acids is 1. The van der Waals surface area contributed by atoms with Crippen LogP contribution in [0.5, 0.6) is 0 Å². The minimum absolute atomic E-state index is 0.174. The SMILES string of the molecule is O=NC1=C(C(=O)NCCCCCCCCCCC(=O)O)CCC=C1. The van der Waals surface area contributed by atoms with Crippen LogP contribution in [0.25, 0.3) is 0 Å². The highest BCUT2D eigenvalue weighted by molar-refractivity contribution is 5.94. The van der Waals surface area contributed by atoms with Gasteiger partial charge in [-0.05, 0) is 36.9 Å². The average Bonchev–Trinajstić information content (AvgIpc) is 2.59. The number of rotatable bonds is 13. The second-order valence-electron chi connectivity index (χ2n) is 6.12. The molecule has 0 radical (unpaired) electrons. The molecule has 0 bridgehead atoms. The van der Waals surface area contributed by atoms with E-state index in [1.165, 1.54) is 0 Å². The smallest absolute Gasteiger partial charge is 0.303 e. The molecular weight excluding hydrogens is 308 g/mol. The van der Waals surface area contributed by atoms with Crippen molar-refractivity contribution in [2.75, 3.05) is 6.54 Å². The molecule has 6 heteroatoms. The summed E-state index contributed by atoms with van der Waals surface area (Å²) in [5.74, 6) is -0.888. The fourth-order valence-corrected chi connectivity index (χ4v) is 2.74. The third-order valence-electron chi connectivity index (χ3n) is 4.12. The molecule has 0 heterocycles. The van der Waals surface area contributed by atoms with Crippen LogP contribution in [0.15, 0.2) is 28.6 Å². The van der Waals surface area contributed by atoms with E-state index in [-0.39, 0.29) is 18.0 Å². The quantitative estimate of drug-likeness (QED) is 0.391. The van der Waals surface area contributed by atoms with Crippen LogP contribution in [0.2, 0.25) is 0 Å². The Kier molecular flexibility index (Phi) is 10.4. The van der Waals surface area contributed by atoms with E-state index in [9.17, 15) is 14.5 Å². The number of amides is 1. The first-order chi connectivity index (χ1) is 11.6. The van der Waals surface area contributed by atoms with Crippen LogP contribution < -0.4 is 5.32 Å². The van der Waals surface area contributed by atoms with Crippen molar-refractivity contribution in [2.24, 2.45) is 5.18 Å². The predicted molar refractivity (Wildman–Crippen MR) is 93.4 cm³/mol. The number of carboxylic acids is 1. The first-order valence-corrected chi connectivity index (χ1v) is 8.88. The lowest BCUT2D eigenvalue weighted by molar-refractivity contribution is -0.137. The molecule has 2 N–H and O–H groups in total. The van der Waals surface area contributed by atoms with Gasteiger partial charge >= 0.3 is 5.97 Å². The minimum atomic E-state index is -0.715. The standard InChI is InChI=1S/C18H28N2O4/c21-17(22)13-7-5-3-1-2-4-6-10-14-19-18(23)15-11-8-9-12-16(15)20-24/h9,12H,1-8,10-11,13-14H2,(H,19,23)(H,21,22). The fourth-order valence-electron chi connectivity index (χ4n) is 2.74. The largest absolute Gasteiger partial charge is 0.481 e. The summed E-state index contributed by atoms with van der Waals surface area (Å²) in [7, 11) is 0. The number of nitrogens with one attached hydrogen (secondary N) is 1. The molecule has 1 aliphatic rings. The zero-order valence-corrected chi connectivity index (χ0v) is 14.3. The van der Waals surface area contributed by atoms with Crippen LogP contribution in [0.4, 0.5) is 0 Å². The Morgan fingerprint density at radius 3 is 2.29 bits per heavy atom. The molecule has 0 aromatic heterocycles. The molecule has 24 heavy (non-hydrogen) atoms. The number of carboxylic acid groups (broad SMARTS) is 1. The molecule has 0 aromatic rings. The highest BCUT2D eigenvalue weighted by atomic mass is 16.4. The molecule has 6 nitrogen and oxygen atoms in total. The van der Waals surface area contributed by atoms with Gasteiger partial charge < -0.3 is 10.4 Å². The van der Waals surface area contributed by atoms with E-state index in [1.807, 2.05) is 6.08 Å². The van der Waals surface area contributed by atoms with Crippen LogP contribution in [-0.4, -0.2) is 23.5 Å². The normalized spacial score (nSPS) is 13.8. The van der Waals surface area contributed by atoms with Gasteiger partial charge in [0.25, 0.3) is 0 Å². The minimum Gasteiger partial charge on any atom is -0.481 e. The van der Waals surface area contributed by atoms with Crippen molar-refractivity contribution < 1.29 is 14.7 Å². The van der Waals surface area contributed by atoms with E-state index in [2.05, 4.69) is 10.5 Å². The van der Waals surface area contributed by atoms with Gasteiger partial charge in [0.1, 0.15) is 5.70 Å². The van der Waals surface area contributed by atoms with Crippen LogP contribution >= 0.6 is 0 Å².